The van der Waals surface area contributed by atoms with Crippen molar-refractivity contribution in [1.29, 1.82) is 0 Å². The summed E-state index contributed by atoms with van der Waals surface area (Å²) in [5.74, 6) is -1.41. The minimum absolute atomic E-state index is 0.238. The molecule has 0 radical (unpaired) electrons. The number of aryl methyl sites for hydroxylation is 1. The van der Waals surface area contributed by atoms with Crippen LogP contribution < -0.4 is 5.32 Å². The number of rotatable bonds is 4. The highest BCUT2D eigenvalue weighted by Gasteiger charge is 2.41. The van der Waals surface area contributed by atoms with E-state index in [0.717, 1.165) is 6.54 Å². The van der Waals surface area contributed by atoms with E-state index in [9.17, 15) is 9.59 Å². The first-order valence-corrected chi connectivity index (χ1v) is 6.58. The number of carboxylic acid groups (broad SMARTS) is 1. The lowest BCUT2D eigenvalue weighted by atomic mass is 9.95. The van der Waals surface area contributed by atoms with Crippen molar-refractivity contribution in [1.82, 2.24) is 9.78 Å². The molecule has 1 amide bonds. The average Bonchev–Trinajstić information content (AvgIpc) is 2.95. The quantitative estimate of drug-likeness (QED) is 0.865. The first-order chi connectivity index (χ1) is 9.01. The Balaban J connectivity index is 2.04. The highest BCUT2D eigenvalue weighted by atomic mass is 16.4. The highest BCUT2D eigenvalue weighted by molar-refractivity contribution is 5.94. The molecular formula is C13H19N3O3. The molecule has 2 rings (SSSR count). The summed E-state index contributed by atoms with van der Waals surface area (Å²) in [6.07, 6.45) is 2.97. The lowest BCUT2D eigenvalue weighted by molar-refractivity contribution is -0.145. The van der Waals surface area contributed by atoms with E-state index in [1.165, 1.54) is 0 Å². The zero-order valence-corrected chi connectivity index (χ0v) is 11.2. The molecule has 6 nitrogen and oxygen atoms in total. The summed E-state index contributed by atoms with van der Waals surface area (Å²) in [6, 6.07) is 1.72. The maximum absolute atomic E-state index is 12.1. The maximum Gasteiger partial charge on any atom is 0.307 e. The molecule has 6 heteroatoms. The molecular weight excluding hydrogens is 246 g/mol. The summed E-state index contributed by atoms with van der Waals surface area (Å²) >= 11 is 0. The fourth-order valence-corrected chi connectivity index (χ4v) is 2.68. The van der Waals surface area contributed by atoms with Crippen molar-refractivity contribution >= 4 is 17.7 Å². The highest BCUT2D eigenvalue weighted by Crippen LogP contribution is 2.37. The Kier molecular flexibility index (Phi) is 3.87. The maximum atomic E-state index is 12.1. The Morgan fingerprint density at radius 2 is 2.16 bits per heavy atom. The third-order valence-corrected chi connectivity index (χ3v) is 3.67. The van der Waals surface area contributed by atoms with Gasteiger partial charge in [-0.25, -0.2) is 0 Å². The lowest BCUT2D eigenvalue weighted by Gasteiger charge is -2.14. The van der Waals surface area contributed by atoms with Crippen molar-refractivity contribution in [3.63, 3.8) is 0 Å². The van der Waals surface area contributed by atoms with Gasteiger partial charge in [0.1, 0.15) is 0 Å². The molecule has 1 aromatic rings. The molecule has 1 heterocycles. The van der Waals surface area contributed by atoms with Crippen LogP contribution in [0.3, 0.4) is 0 Å². The summed E-state index contributed by atoms with van der Waals surface area (Å²) in [5.41, 5.74) is 0. The van der Waals surface area contributed by atoms with Crippen LogP contribution in [-0.2, 0) is 16.1 Å². The van der Waals surface area contributed by atoms with E-state index in [4.69, 9.17) is 5.11 Å². The molecule has 104 valence electrons. The summed E-state index contributed by atoms with van der Waals surface area (Å²) in [7, 11) is 0. The van der Waals surface area contributed by atoms with Crippen LogP contribution in [0.15, 0.2) is 12.3 Å². The van der Waals surface area contributed by atoms with Gasteiger partial charge in [0.15, 0.2) is 5.82 Å². The van der Waals surface area contributed by atoms with E-state index in [-0.39, 0.29) is 11.8 Å². The summed E-state index contributed by atoms with van der Waals surface area (Å²) in [6.45, 7) is 4.67. The van der Waals surface area contributed by atoms with Crippen LogP contribution >= 0.6 is 0 Å². The molecule has 0 aliphatic heterocycles. The topological polar surface area (TPSA) is 84.2 Å². The Labute approximate surface area is 111 Å². The van der Waals surface area contributed by atoms with Gasteiger partial charge in [-0.3, -0.25) is 14.3 Å². The van der Waals surface area contributed by atoms with E-state index in [1.807, 2.05) is 13.8 Å². The zero-order chi connectivity index (χ0) is 14.0. The standard InChI is InChI=1S/C13H19N3O3/c1-3-16-5-4-11(15-16)14-12(17)9-6-8(2)7-10(9)13(18)19/h4-5,8-10H,3,6-7H2,1-2H3,(H,18,19)(H,14,15,17). The van der Waals surface area contributed by atoms with Gasteiger partial charge in [-0.1, -0.05) is 6.92 Å². The molecule has 1 aromatic heterocycles. The number of carbonyl (C=O) groups excluding carboxylic acids is 1. The summed E-state index contributed by atoms with van der Waals surface area (Å²) < 4.78 is 1.71. The number of hydrogen-bond acceptors (Lipinski definition) is 3. The van der Waals surface area contributed by atoms with Crippen LogP contribution in [0.4, 0.5) is 5.82 Å². The minimum atomic E-state index is -0.886. The molecule has 1 saturated carbocycles. The molecule has 0 bridgehead atoms. The van der Waals surface area contributed by atoms with Crippen molar-refractivity contribution < 1.29 is 14.7 Å². The second kappa shape index (κ2) is 5.42. The Hall–Kier alpha value is -1.85. The van der Waals surface area contributed by atoms with Crippen LogP contribution in [0.2, 0.25) is 0 Å². The van der Waals surface area contributed by atoms with E-state index in [0.29, 0.717) is 18.7 Å². The number of aromatic nitrogens is 2. The van der Waals surface area contributed by atoms with Gasteiger partial charge in [-0.2, -0.15) is 5.10 Å². The van der Waals surface area contributed by atoms with Gasteiger partial charge in [0.25, 0.3) is 0 Å². The van der Waals surface area contributed by atoms with Crippen LogP contribution in [0.1, 0.15) is 26.7 Å². The number of anilines is 1. The molecule has 0 saturated heterocycles. The monoisotopic (exact) mass is 265 g/mol. The van der Waals surface area contributed by atoms with Gasteiger partial charge in [-0.05, 0) is 25.7 Å². The molecule has 1 aliphatic carbocycles. The SMILES string of the molecule is CCn1ccc(NC(=O)C2CC(C)CC2C(=O)O)n1. The number of nitrogens with zero attached hydrogens (tertiary/aromatic N) is 2. The fourth-order valence-electron chi connectivity index (χ4n) is 2.68. The second-order valence-electron chi connectivity index (χ2n) is 5.17. The molecule has 3 atom stereocenters. The third-order valence-electron chi connectivity index (χ3n) is 3.67. The van der Waals surface area contributed by atoms with E-state index in [2.05, 4.69) is 10.4 Å². The second-order valence-corrected chi connectivity index (χ2v) is 5.17. The van der Waals surface area contributed by atoms with Crippen LogP contribution in [-0.4, -0.2) is 26.8 Å². The molecule has 0 aromatic carbocycles. The minimum Gasteiger partial charge on any atom is -0.481 e. The Bertz CT molecular complexity index is 483. The van der Waals surface area contributed by atoms with E-state index < -0.39 is 17.8 Å². The number of carboxylic acids is 1. The fraction of sp³-hybridized carbons (Fsp3) is 0.615. The predicted octanol–water partition coefficient (Wildman–Crippen LogP) is 1.59. The van der Waals surface area contributed by atoms with Gasteiger partial charge in [0.05, 0.1) is 11.8 Å². The van der Waals surface area contributed by atoms with Crippen molar-refractivity contribution in [2.75, 3.05) is 5.32 Å². The number of aliphatic carboxylic acids is 1. The van der Waals surface area contributed by atoms with Gasteiger partial charge >= 0.3 is 5.97 Å². The van der Waals surface area contributed by atoms with E-state index in [1.54, 1.807) is 16.9 Å². The summed E-state index contributed by atoms with van der Waals surface area (Å²) in [5, 5.41) is 16.0. The summed E-state index contributed by atoms with van der Waals surface area (Å²) in [4.78, 5) is 23.3. The molecule has 1 aliphatic rings. The number of nitrogens with one attached hydrogen (secondary N) is 1. The molecule has 0 spiro atoms. The smallest absolute Gasteiger partial charge is 0.307 e. The first kappa shape index (κ1) is 13.6. The molecule has 1 fully saturated rings. The largest absolute Gasteiger partial charge is 0.481 e. The number of hydrogen-bond donors (Lipinski definition) is 2. The number of carbonyl (C=O) groups is 2. The van der Waals surface area contributed by atoms with Gasteiger partial charge in [0, 0.05) is 18.8 Å². The Morgan fingerprint density at radius 1 is 1.47 bits per heavy atom. The molecule has 2 N–H and O–H groups in total. The van der Waals surface area contributed by atoms with Crippen molar-refractivity contribution in [2.45, 2.75) is 33.2 Å². The van der Waals surface area contributed by atoms with Crippen molar-refractivity contribution in [3.8, 4) is 0 Å². The van der Waals surface area contributed by atoms with Crippen molar-refractivity contribution in [2.24, 2.45) is 17.8 Å². The van der Waals surface area contributed by atoms with Crippen LogP contribution in [0.25, 0.3) is 0 Å². The first-order valence-electron chi connectivity index (χ1n) is 6.58. The molecule has 3 unspecified atom stereocenters. The van der Waals surface area contributed by atoms with Crippen molar-refractivity contribution in [3.05, 3.63) is 12.3 Å². The van der Waals surface area contributed by atoms with Crippen LogP contribution in [0, 0.1) is 17.8 Å². The Morgan fingerprint density at radius 3 is 2.74 bits per heavy atom. The van der Waals surface area contributed by atoms with E-state index >= 15 is 0 Å². The lowest BCUT2D eigenvalue weighted by Crippen LogP contribution is -2.30. The zero-order valence-electron chi connectivity index (χ0n) is 11.2. The number of amides is 1. The molecule has 19 heavy (non-hydrogen) atoms. The van der Waals surface area contributed by atoms with Crippen LogP contribution in [0.5, 0.6) is 0 Å². The van der Waals surface area contributed by atoms with Gasteiger partial charge in [-0.15, -0.1) is 0 Å². The average molecular weight is 265 g/mol. The predicted molar refractivity (Wildman–Crippen MR) is 69.5 cm³/mol. The third kappa shape index (κ3) is 2.94. The normalized spacial score (nSPS) is 26.3. The van der Waals surface area contributed by atoms with Gasteiger partial charge in [0.2, 0.25) is 5.91 Å². The van der Waals surface area contributed by atoms with Gasteiger partial charge < -0.3 is 10.4 Å².